The van der Waals surface area contributed by atoms with Gasteiger partial charge < -0.3 is 0 Å². The van der Waals surface area contributed by atoms with Crippen LogP contribution in [0.4, 0.5) is 0 Å². The Morgan fingerprint density at radius 2 is 2.00 bits per heavy atom. The molecule has 0 amide bonds. The summed E-state index contributed by atoms with van der Waals surface area (Å²) in [6, 6.07) is 8.69. The third-order valence-electron chi connectivity index (χ3n) is 2.09. The van der Waals surface area contributed by atoms with E-state index in [4.69, 9.17) is 0 Å². The fraction of sp³-hybridized carbons (Fsp3) is 0.385. The zero-order valence-electron chi connectivity index (χ0n) is 9.79. The zero-order valence-corrected chi connectivity index (χ0v) is 17.0. The molecule has 0 unspecified atom stereocenters. The van der Waals surface area contributed by atoms with Crippen LogP contribution < -0.4 is 4.46 Å². The molecule has 0 nitrogen and oxygen atoms in total. The fourth-order valence-corrected chi connectivity index (χ4v) is 6.90. The van der Waals surface area contributed by atoms with E-state index in [0.29, 0.717) is 29.9 Å². The topological polar surface area (TPSA) is 0 Å². The van der Waals surface area contributed by atoms with Gasteiger partial charge in [-0.3, -0.25) is 0 Å². The molecule has 1 aromatic carbocycles. The summed E-state index contributed by atoms with van der Waals surface area (Å²) < 4.78 is 4.22. The van der Waals surface area contributed by atoms with Gasteiger partial charge in [0.05, 0.1) is 0 Å². The van der Waals surface area contributed by atoms with Crippen molar-refractivity contribution in [2.45, 2.75) is 31.5 Å². The molecular formula is C13H16BrISe2. The molecule has 0 spiro atoms. The summed E-state index contributed by atoms with van der Waals surface area (Å²) in [7, 11) is 0. The summed E-state index contributed by atoms with van der Waals surface area (Å²) in [6.45, 7) is 2.27. The number of rotatable bonds is 7. The van der Waals surface area contributed by atoms with Crippen LogP contribution in [0.5, 0.6) is 0 Å². The first-order valence-corrected chi connectivity index (χ1v) is 11.4. The maximum absolute atomic E-state index is 3.47. The average Bonchev–Trinajstić information content (AvgIpc) is 2.34. The number of unbranched alkanes of at least 4 members (excludes halogenated alkanes) is 2. The first-order chi connectivity index (χ1) is 8.22. The van der Waals surface area contributed by atoms with E-state index in [9.17, 15) is 0 Å². The van der Waals surface area contributed by atoms with Crippen LogP contribution in [0.2, 0.25) is 5.32 Å². The van der Waals surface area contributed by atoms with Crippen LogP contribution in [0.15, 0.2) is 36.2 Å². The van der Waals surface area contributed by atoms with Crippen molar-refractivity contribution in [1.82, 2.24) is 0 Å². The van der Waals surface area contributed by atoms with Gasteiger partial charge in [0.25, 0.3) is 0 Å². The summed E-state index contributed by atoms with van der Waals surface area (Å²) >= 11 is 7.21. The van der Waals surface area contributed by atoms with E-state index in [1.165, 1.54) is 33.5 Å². The van der Waals surface area contributed by atoms with E-state index in [2.05, 4.69) is 74.7 Å². The first-order valence-electron chi connectivity index (χ1n) is 5.63. The van der Waals surface area contributed by atoms with Gasteiger partial charge in [0.15, 0.2) is 0 Å². The number of benzene rings is 1. The minimum atomic E-state index is 0.504. The van der Waals surface area contributed by atoms with Gasteiger partial charge >= 0.3 is 141 Å². The third kappa shape index (κ3) is 8.07. The molecule has 1 rings (SSSR count). The van der Waals surface area contributed by atoms with Crippen LogP contribution in [0.25, 0.3) is 0 Å². The fourth-order valence-electron chi connectivity index (χ4n) is 1.18. The van der Waals surface area contributed by atoms with E-state index in [1.54, 1.807) is 2.48 Å². The summed E-state index contributed by atoms with van der Waals surface area (Å²) in [5, 5.41) is 1.41. The normalized spacial score (nSPS) is 11.8. The van der Waals surface area contributed by atoms with E-state index >= 15 is 0 Å². The number of hydrogen-bond donors (Lipinski definition) is 0. The third-order valence-corrected chi connectivity index (χ3v) is 10.00. The van der Waals surface area contributed by atoms with Crippen molar-refractivity contribution in [1.29, 1.82) is 0 Å². The van der Waals surface area contributed by atoms with Crippen LogP contribution in [-0.4, -0.2) is 29.9 Å². The molecule has 0 heterocycles. The van der Waals surface area contributed by atoms with Crippen molar-refractivity contribution in [2.24, 2.45) is 0 Å². The summed E-state index contributed by atoms with van der Waals surface area (Å²) in [5.74, 6) is 0. The van der Waals surface area contributed by atoms with E-state index in [1.807, 2.05) is 0 Å². The molecule has 0 radical (unpaired) electrons. The molecule has 0 saturated heterocycles. The van der Waals surface area contributed by atoms with E-state index in [0.717, 1.165) is 0 Å². The van der Waals surface area contributed by atoms with Gasteiger partial charge in [0.1, 0.15) is 0 Å². The van der Waals surface area contributed by atoms with Crippen molar-refractivity contribution >= 4 is 72.9 Å². The molecule has 94 valence electrons. The first kappa shape index (κ1) is 16.3. The Morgan fingerprint density at radius 1 is 1.29 bits per heavy atom. The Balaban J connectivity index is 2.29. The van der Waals surface area contributed by atoms with Crippen LogP contribution in [0.3, 0.4) is 0 Å². The molecule has 1 aromatic rings. The van der Waals surface area contributed by atoms with Gasteiger partial charge in [-0.2, -0.15) is 0 Å². The Hall–Kier alpha value is 1.21. The van der Waals surface area contributed by atoms with Crippen LogP contribution in [0, 0.1) is 0 Å². The molecular weight excluding hydrogens is 521 g/mol. The number of halogens is 2. The number of hydrogen-bond acceptors (Lipinski definition) is 0. The molecule has 0 aromatic heterocycles. The van der Waals surface area contributed by atoms with Gasteiger partial charge in [-0.15, -0.1) is 0 Å². The molecule has 0 N–H and O–H groups in total. The minimum absolute atomic E-state index is 0.504. The molecule has 0 aliphatic rings. The summed E-state index contributed by atoms with van der Waals surface area (Å²) in [6.07, 6.45) is 4.13. The van der Waals surface area contributed by atoms with Crippen LogP contribution >= 0.6 is 38.5 Å². The molecule has 0 bridgehead atoms. The van der Waals surface area contributed by atoms with Gasteiger partial charge in [0.2, 0.25) is 0 Å². The average molecular weight is 537 g/mol. The van der Waals surface area contributed by atoms with Gasteiger partial charge in [-0.05, 0) is 0 Å². The van der Waals surface area contributed by atoms with Crippen molar-refractivity contribution in [2.75, 3.05) is 0 Å². The predicted octanol–water partition coefficient (Wildman–Crippen LogP) is 4.33. The molecule has 0 aliphatic heterocycles. The van der Waals surface area contributed by atoms with E-state index in [-0.39, 0.29) is 0 Å². The molecule has 4 heteroatoms. The summed E-state index contributed by atoms with van der Waals surface area (Å²) in [5.41, 5.74) is 0. The zero-order chi connectivity index (χ0) is 12.5. The van der Waals surface area contributed by atoms with Crippen LogP contribution in [-0.2, 0) is 0 Å². The SMILES string of the molecule is CCCCC[Se]/C(I)=C\[Se]c1ccc(Br)cc1. The van der Waals surface area contributed by atoms with Gasteiger partial charge in [-0.1, -0.05) is 0 Å². The molecule has 17 heavy (non-hydrogen) atoms. The van der Waals surface area contributed by atoms with Crippen molar-refractivity contribution in [3.8, 4) is 0 Å². The van der Waals surface area contributed by atoms with E-state index < -0.39 is 0 Å². The monoisotopic (exact) mass is 538 g/mol. The summed E-state index contributed by atoms with van der Waals surface area (Å²) in [4.78, 5) is 2.45. The molecule has 0 fully saturated rings. The van der Waals surface area contributed by atoms with Crippen molar-refractivity contribution in [3.05, 3.63) is 36.2 Å². The Morgan fingerprint density at radius 3 is 2.65 bits per heavy atom. The van der Waals surface area contributed by atoms with Gasteiger partial charge in [0, 0.05) is 0 Å². The maximum atomic E-state index is 3.47. The molecule has 0 atom stereocenters. The Kier molecular flexibility index (Phi) is 9.62. The second-order valence-corrected chi connectivity index (χ2v) is 11.6. The van der Waals surface area contributed by atoms with Crippen molar-refractivity contribution < 1.29 is 0 Å². The Labute approximate surface area is 139 Å². The molecule has 0 saturated carbocycles. The second-order valence-electron chi connectivity index (χ2n) is 3.55. The molecule has 0 aliphatic carbocycles. The predicted molar refractivity (Wildman–Crippen MR) is 91.7 cm³/mol. The Bertz CT molecular complexity index is 349. The van der Waals surface area contributed by atoms with Gasteiger partial charge in [-0.25, -0.2) is 0 Å². The standard InChI is InChI=1S/C13H16BrISe2/c1-2-3-4-9-16-13(15)10-17-12-7-5-11(14)6-8-12/h5-8,10H,2-4,9H2,1H3/b13-10-. The second kappa shape index (κ2) is 10.1. The quantitative estimate of drug-likeness (QED) is 0.277. The van der Waals surface area contributed by atoms with Crippen LogP contribution in [0.1, 0.15) is 26.2 Å². The van der Waals surface area contributed by atoms with Crippen molar-refractivity contribution in [3.63, 3.8) is 0 Å².